The molecule has 5 heteroatoms. The van der Waals surface area contributed by atoms with Gasteiger partial charge in [0.2, 0.25) is 0 Å². The molecule has 20 heavy (non-hydrogen) atoms. The third kappa shape index (κ3) is 2.34. The molecule has 3 rings (SSSR count). The lowest BCUT2D eigenvalue weighted by atomic mass is 10.0. The maximum Gasteiger partial charge on any atom is 0.405 e. The Morgan fingerprint density at radius 3 is 2.40 bits per heavy atom. The second-order valence-corrected chi connectivity index (χ2v) is 4.95. The first-order chi connectivity index (χ1) is 9.59. The van der Waals surface area contributed by atoms with Gasteiger partial charge in [-0.15, -0.1) is 0 Å². The van der Waals surface area contributed by atoms with Crippen molar-refractivity contribution in [2.24, 2.45) is 0 Å². The second kappa shape index (κ2) is 4.59. The topological polar surface area (TPSA) is 62.2 Å². The van der Waals surface area contributed by atoms with Crippen LogP contribution in [0, 0.1) is 5.82 Å². The Hall–Kier alpha value is -2.43. The van der Waals surface area contributed by atoms with Gasteiger partial charge in [-0.05, 0) is 30.5 Å². The zero-order valence-corrected chi connectivity index (χ0v) is 10.6. The summed E-state index contributed by atoms with van der Waals surface area (Å²) in [7, 11) is 0. The van der Waals surface area contributed by atoms with E-state index in [2.05, 4.69) is 10.3 Å². The molecule has 0 unspecified atom stereocenters. The number of nitrogens with one attached hydrogen (secondary N) is 1. The molecule has 0 atom stereocenters. The summed E-state index contributed by atoms with van der Waals surface area (Å²) >= 11 is 0. The van der Waals surface area contributed by atoms with Gasteiger partial charge in [0.25, 0.3) is 0 Å². The van der Waals surface area contributed by atoms with Gasteiger partial charge in [-0.2, -0.15) is 0 Å². The Morgan fingerprint density at radius 2 is 1.90 bits per heavy atom. The number of carboxylic acid groups (broad SMARTS) is 1. The van der Waals surface area contributed by atoms with Crippen LogP contribution in [0.5, 0.6) is 0 Å². The number of carbonyl (C=O) groups is 1. The number of rotatable bonds is 3. The first kappa shape index (κ1) is 12.6. The number of pyridine rings is 1. The summed E-state index contributed by atoms with van der Waals surface area (Å²) in [5.41, 5.74) is 2.08. The van der Waals surface area contributed by atoms with Crippen molar-refractivity contribution in [3.63, 3.8) is 0 Å². The van der Waals surface area contributed by atoms with Crippen LogP contribution in [-0.4, -0.2) is 16.2 Å². The first-order valence-electron chi connectivity index (χ1n) is 6.33. The molecule has 1 aliphatic rings. The van der Waals surface area contributed by atoms with Crippen LogP contribution in [0.1, 0.15) is 18.4 Å². The van der Waals surface area contributed by atoms with E-state index in [0.29, 0.717) is 5.69 Å². The Morgan fingerprint density at radius 1 is 1.20 bits per heavy atom. The number of hydrogen-bond acceptors (Lipinski definition) is 2. The molecule has 1 fully saturated rings. The molecule has 1 aromatic carbocycles. The first-order valence-corrected chi connectivity index (χ1v) is 6.33. The molecule has 4 nitrogen and oxygen atoms in total. The van der Waals surface area contributed by atoms with E-state index in [1.54, 1.807) is 6.07 Å². The van der Waals surface area contributed by atoms with Crippen molar-refractivity contribution in [2.45, 2.75) is 18.4 Å². The average molecular weight is 272 g/mol. The lowest BCUT2D eigenvalue weighted by molar-refractivity contribution is 0.188. The van der Waals surface area contributed by atoms with Crippen LogP contribution >= 0.6 is 0 Å². The van der Waals surface area contributed by atoms with Crippen molar-refractivity contribution in [1.82, 2.24) is 10.3 Å². The van der Waals surface area contributed by atoms with Gasteiger partial charge in [0.15, 0.2) is 0 Å². The molecule has 2 N–H and O–H groups in total. The van der Waals surface area contributed by atoms with Crippen molar-refractivity contribution >= 4 is 6.09 Å². The van der Waals surface area contributed by atoms with Gasteiger partial charge in [-0.1, -0.05) is 24.3 Å². The van der Waals surface area contributed by atoms with E-state index >= 15 is 0 Å². The number of nitrogens with zero attached hydrogens (tertiary/aromatic N) is 1. The van der Waals surface area contributed by atoms with Crippen molar-refractivity contribution < 1.29 is 14.3 Å². The number of benzene rings is 1. The summed E-state index contributed by atoms with van der Waals surface area (Å²) in [6.45, 7) is 0. The summed E-state index contributed by atoms with van der Waals surface area (Å²) in [5, 5.41) is 11.4. The van der Waals surface area contributed by atoms with E-state index in [-0.39, 0.29) is 5.82 Å². The molecule has 0 bridgehead atoms. The minimum absolute atomic E-state index is 0.368. The van der Waals surface area contributed by atoms with Gasteiger partial charge in [-0.3, -0.25) is 4.98 Å². The Balaban J connectivity index is 1.85. The lowest BCUT2D eigenvalue weighted by Gasteiger charge is -2.15. The molecular formula is C15H13FN2O2. The number of aromatic nitrogens is 1. The molecule has 0 saturated heterocycles. The fourth-order valence-corrected chi connectivity index (χ4v) is 2.32. The molecule has 0 aliphatic heterocycles. The van der Waals surface area contributed by atoms with Crippen molar-refractivity contribution in [3.8, 4) is 11.3 Å². The van der Waals surface area contributed by atoms with Crippen molar-refractivity contribution in [2.75, 3.05) is 0 Å². The molecule has 0 radical (unpaired) electrons. The average Bonchev–Trinajstić information content (AvgIpc) is 3.20. The zero-order chi connectivity index (χ0) is 14.2. The minimum Gasteiger partial charge on any atom is -0.465 e. The molecule has 1 aromatic heterocycles. The fourth-order valence-electron chi connectivity index (χ4n) is 2.32. The number of halogens is 1. The van der Waals surface area contributed by atoms with Crippen LogP contribution in [0.2, 0.25) is 0 Å². The standard InChI is InChI=1S/C15H13FN2O2/c16-12-5-6-13(17-9-12)10-1-3-11(4-2-10)15(7-8-15)18-14(19)20/h1-6,9,18H,7-8H2,(H,19,20). The molecule has 2 aromatic rings. The Labute approximate surface area is 115 Å². The van der Waals surface area contributed by atoms with Crippen molar-refractivity contribution in [3.05, 3.63) is 54.0 Å². The van der Waals surface area contributed by atoms with Gasteiger partial charge >= 0.3 is 6.09 Å². The van der Waals surface area contributed by atoms with E-state index in [1.165, 1.54) is 12.3 Å². The highest BCUT2D eigenvalue weighted by Crippen LogP contribution is 2.45. The lowest BCUT2D eigenvalue weighted by Crippen LogP contribution is -2.33. The highest BCUT2D eigenvalue weighted by molar-refractivity contribution is 5.67. The van der Waals surface area contributed by atoms with Crippen LogP contribution in [0.15, 0.2) is 42.6 Å². The van der Waals surface area contributed by atoms with E-state index in [0.717, 1.165) is 24.0 Å². The summed E-state index contributed by atoms with van der Waals surface area (Å²) < 4.78 is 12.8. The Bertz CT molecular complexity index is 634. The smallest absolute Gasteiger partial charge is 0.405 e. The van der Waals surface area contributed by atoms with E-state index in [4.69, 9.17) is 5.11 Å². The van der Waals surface area contributed by atoms with E-state index in [9.17, 15) is 9.18 Å². The van der Waals surface area contributed by atoms with Gasteiger partial charge in [0, 0.05) is 5.56 Å². The van der Waals surface area contributed by atoms with Gasteiger partial charge in [0.05, 0.1) is 17.4 Å². The Kier molecular flexibility index (Phi) is 2.89. The molecule has 1 heterocycles. The largest absolute Gasteiger partial charge is 0.465 e. The predicted molar refractivity (Wildman–Crippen MR) is 71.7 cm³/mol. The highest BCUT2D eigenvalue weighted by Gasteiger charge is 2.45. The quantitative estimate of drug-likeness (QED) is 0.902. The maximum absolute atomic E-state index is 12.8. The van der Waals surface area contributed by atoms with E-state index < -0.39 is 11.6 Å². The zero-order valence-electron chi connectivity index (χ0n) is 10.6. The summed E-state index contributed by atoms with van der Waals surface area (Å²) in [6.07, 6.45) is 1.80. The van der Waals surface area contributed by atoms with Crippen LogP contribution in [0.3, 0.4) is 0 Å². The summed E-state index contributed by atoms with van der Waals surface area (Å²) in [4.78, 5) is 14.8. The van der Waals surface area contributed by atoms with E-state index in [1.807, 2.05) is 24.3 Å². The monoisotopic (exact) mass is 272 g/mol. The van der Waals surface area contributed by atoms with Crippen molar-refractivity contribution in [1.29, 1.82) is 0 Å². The number of hydrogen-bond donors (Lipinski definition) is 2. The highest BCUT2D eigenvalue weighted by atomic mass is 19.1. The molecule has 1 amide bonds. The van der Waals surface area contributed by atoms with Crippen LogP contribution in [0.4, 0.5) is 9.18 Å². The number of amides is 1. The minimum atomic E-state index is -1.01. The molecule has 102 valence electrons. The summed E-state index contributed by atoms with van der Waals surface area (Å²) in [5.74, 6) is -0.368. The summed E-state index contributed by atoms with van der Waals surface area (Å²) in [6, 6.07) is 10.5. The molecular weight excluding hydrogens is 259 g/mol. The van der Waals surface area contributed by atoms with Crippen LogP contribution < -0.4 is 5.32 Å². The van der Waals surface area contributed by atoms with Crippen LogP contribution in [0.25, 0.3) is 11.3 Å². The third-order valence-electron chi connectivity index (χ3n) is 3.56. The molecule has 1 saturated carbocycles. The molecule has 1 aliphatic carbocycles. The SMILES string of the molecule is O=C(O)NC1(c2ccc(-c3ccc(F)cn3)cc2)CC1. The van der Waals surface area contributed by atoms with Gasteiger partial charge in [-0.25, -0.2) is 9.18 Å². The van der Waals surface area contributed by atoms with Gasteiger partial charge in [0.1, 0.15) is 5.82 Å². The second-order valence-electron chi connectivity index (χ2n) is 4.95. The normalized spacial score (nSPS) is 15.7. The third-order valence-corrected chi connectivity index (χ3v) is 3.56. The van der Waals surface area contributed by atoms with Crippen LogP contribution in [-0.2, 0) is 5.54 Å². The van der Waals surface area contributed by atoms with Gasteiger partial charge < -0.3 is 10.4 Å². The maximum atomic E-state index is 12.8. The predicted octanol–water partition coefficient (Wildman–Crippen LogP) is 3.14. The molecule has 0 spiro atoms. The fraction of sp³-hybridized carbons (Fsp3) is 0.200.